The van der Waals surface area contributed by atoms with Crippen molar-refractivity contribution < 1.29 is 14.6 Å². The van der Waals surface area contributed by atoms with E-state index in [-0.39, 0.29) is 11.5 Å². The standard InChI is InChI=1S/C20H17N3O3/c1-13-21-12-23(22-13)16-8-6-14(7-9-16)17-5-3-2-4-15(17)10-19-18(24)11-20(25)26-19/h2-11,24H,12H2,1H3,(H,21,22)/b19-10-. The van der Waals surface area contributed by atoms with Crippen molar-refractivity contribution in [3.05, 3.63) is 71.7 Å². The van der Waals surface area contributed by atoms with Gasteiger partial charge in [0.1, 0.15) is 12.5 Å². The summed E-state index contributed by atoms with van der Waals surface area (Å²) in [6, 6.07) is 15.8. The van der Waals surface area contributed by atoms with Crippen LogP contribution in [0.1, 0.15) is 12.5 Å². The lowest BCUT2D eigenvalue weighted by molar-refractivity contribution is -0.132. The zero-order chi connectivity index (χ0) is 18.1. The normalized spacial score (nSPS) is 17.8. The van der Waals surface area contributed by atoms with Gasteiger partial charge in [-0.05, 0) is 41.8 Å². The largest absolute Gasteiger partial charge is 0.504 e. The van der Waals surface area contributed by atoms with Crippen molar-refractivity contribution in [2.75, 3.05) is 11.7 Å². The van der Waals surface area contributed by atoms with Crippen LogP contribution in [0, 0.1) is 0 Å². The van der Waals surface area contributed by atoms with Gasteiger partial charge >= 0.3 is 5.97 Å². The molecule has 0 bridgehead atoms. The van der Waals surface area contributed by atoms with Crippen molar-refractivity contribution in [2.45, 2.75) is 6.92 Å². The van der Waals surface area contributed by atoms with Crippen LogP contribution < -0.4 is 10.4 Å². The van der Waals surface area contributed by atoms with Gasteiger partial charge in [0.25, 0.3) is 0 Å². The molecule has 26 heavy (non-hydrogen) atoms. The summed E-state index contributed by atoms with van der Waals surface area (Å²) >= 11 is 0. The zero-order valence-corrected chi connectivity index (χ0v) is 14.1. The van der Waals surface area contributed by atoms with Gasteiger partial charge in [-0.25, -0.2) is 9.79 Å². The molecule has 2 aromatic rings. The van der Waals surface area contributed by atoms with E-state index in [1.54, 1.807) is 6.08 Å². The van der Waals surface area contributed by atoms with Gasteiger partial charge in [0.15, 0.2) is 11.5 Å². The summed E-state index contributed by atoms with van der Waals surface area (Å²) in [4.78, 5) is 15.6. The van der Waals surface area contributed by atoms with Gasteiger partial charge in [-0.1, -0.05) is 36.4 Å². The summed E-state index contributed by atoms with van der Waals surface area (Å²) in [5, 5.41) is 11.8. The number of ether oxygens (including phenoxy) is 1. The van der Waals surface area contributed by atoms with Gasteiger partial charge in [-0.15, -0.1) is 0 Å². The summed E-state index contributed by atoms with van der Waals surface area (Å²) in [7, 11) is 0. The van der Waals surface area contributed by atoms with Gasteiger partial charge in [-0.3, -0.25) is 10.4 Å². The molecule has 0 aliphatic carbocycles. The summed E-state index contributed by atoms with van der Waals surface area (Å²) in [5.74, 6) is 0.333. The minimum Gasteiger partial charge on any atom is -0.504 e. The highest BCUT2D eigenvalue weighted by molar-refractivity contribution is 5.90. The molecular weight excluding hydrogens is 330 g/mol. The summed E-state index contributed by atoms with van der Waals surface area (Å²) in [5.41, 5.74) is 7.06. The lowest BCUT2D eigenvalue weighted by atomic mass is 9.99. The van der Waals surface area contributed by atoms with Crippen molar-refractivity contribution in [2.24, 2.45) is 4.99 Å². The van der Waals surface area contributed by atoms with Gasteiger partial charge in [0.2, 0.25) is 0 Å². The maximum absolute atomic E-state index is 11.3. The second kappa shape index (κ2) is 6.40. The Labute approximate surface area is 150 Å². The van der Waals surface area contributed by atoms with E-state index in [1.165, 1.54) is 0 Å². The van der Waals surface area contributed by atoms with E-state index >= 15 is 0 Å². The fraction of sp³-hybridized carbons (Fsp3) is 0.100. The highest BCUT2D eigenvalue weighted by Crippen LogP contribution is 2.29. The number of anilines is 1. The summed E-state index contributed by atoms with van der Waals surface area (Å²) in [6.45, 7) is 2.52. The number of hydrazine groups is 1. The first-order valence-corrected chi connectivity index (χ1v) is 8.19. The fourth-order valence-electron chi connectivity index (χ4n) is 2.91. The molecule has 2 N–H and O–H groups in total. The Hall–Kier alpha value is -3.54. The number of amidine groups is 1. The lowest BCUT2D eigenvalue weighted by Gasteiger charge is -2.18. The smallest absolute Gasteiger partial charge is 0.340 e. The fourth-order valence-corrected chi connectivity index (χ4v) is 2.91. The van der Waals surface area contributed by atoms with Gasteiger partial charge in [-0.2, -0.15) is 0 Å². The van der Waals surface area contributed by atoms with Crippen LogP contribution in [0.15, 0.2) is 71.1 Å². The molecule has 2 heterocycles. The van der Waals surface area contributed by atoms with E-state index in [1.807, 2.05) is 60.5 Å². The lowest BCUT2D eigenvalue weighted by Crippen LogP contribution is -2.34. The highest BCUT2D eigenvalue weighted by Gasteiger charge is 2.19. The number of hydrogen-bond acceptors (Lipinski definition) is 6. The summed E-state index contributed by atoms with van der Waals surface area (Å²) < 4.78 is 5.02. The van der Waals surface area contributed by atoms with E-state index in [0.717, 1.165) is 34.3 Å². The molecule has 130 valence electrons. The van der Waals surface area contributed by atoms with Crippen molar-refractivity contribution in [1.29, 1.82) is 0 Å². The number of nitrogens with one attached hydrogen (secondary N) is 1. The van der Waals surface area contributed by atoms with Crippen molar-refractivity contribution in [3.63, 3.8) is 0 Å². The Bertz CT molecular complexity index is 959. The van der Waals surface area contributed by atoms with Gasteiger partial charge in [0.05, 0.1) is 11.8 Å². The van der Waals surface area contributed by atoms with Crippen molar-refractivity contribution in [1.82, 2.24) is 5.43 Å². The van der Waals surface area contributed by atoms with Crippen LogP contribution in [0.4, 0.5) is 5.69 Å². The molecule has 2 aliphatic heterocycles. The maximum atomic E-state index is 11.3. The zero-order valence-electron chi connectivity index (χ0n) is 14.1. The highest BCUT2D eigenvalue weighted by atomic mass is 16.6. The molecular formula is C20H17N3O3. The first-order chi connectivity index (χ1) is 12.6. The number of carbonyl (C=O) groups excluding carboxylic acids is 1. The van der Waals surface area contributed by atoms with Gasteiger partial charge in [0, 0.05) is 0 Å². The average Bonchev–Trinajstić information content (AvgIpc) is 3.21. The third-order valence-corrected chi connectivity index (χ3v) is 4.20. The minimum absolute atomic E-state index is 0.157. The number of aliphatic hydroxyl groups excluding tert-OH is 1. The quantitative estimate of drug-likeness (QED) is 0.833. The van der Waals surface area contributed by atoms with Crippen LogP contribution in [0.5, 0.6) is 0 Å². The number of carbonyl (C=O) groups is 1. The van der Waals surface area contributed by atoms with E-state index in [0.29, 0.717) is 6.67 Å². The molecule has 6 nitrogen and oxygen atoms in total. The Morgan fingerprint density at radius 1 is 1.19 bits per heavy atom. The first kappa shape index (κ1) is 16.0. The number of rotatable bonds is 3. The molecule has 0 spiro atoms. The minimum atomic E-state index is -0.564. The molecule has 0 saturated heterocycles. The topological polar surface area (TPSA) is 74.2 Å². The van der Waals surface area contributed by atoms with Crippen LogP contribution in [0.25, 0.3) is 17.2 Å². The monoisotopic (exact) mass is 347 g/mol. The number of benzene rings is 2. The van der Waals surface area contributed by atoms with Crippen LogP contribution in [0.2, 0.25) is 0 Å². The molecule has 2 aliphatic rings. The predicted octanol–water partition coefficient (Wildman–Crippen LogP) is 3.39. The third kappa shape index (κ3) is 3.04. The number of esters is 1. The van der Waals surface area contributed by atoms with Gasteiger partial charge < -0.3 is 9.84 Å². The number of aliphatic hydroxyl groups is 1. The van der Waals surface area contributed by atoms with E-state index < -0.39 is 5.97 Å². The maximum Gasteiger partial charge on any atom is 0.340 e. The average molecular weight is 347 g/mol. The molecule has 0 radical (unpaired) electrons. The second-order valence-electron chi connectivity index (χ2n) is 6.02. The molecule has 0 aromatic heterocycles. The van der Waals surface area contributed by atoms with Crippen LogP contribution >= 0.6 is 0 Å². The first-order valence-electron chi connectivity index (χ1n) is 8.19. The Kier molecular flexibility index (Phi) is 3.93. The molecule has 0 saturated carbocycles. The molecule has 0 unspecified atom stereocenters. The number of cyclic esters (lactones) is 1. The molecule has 0 amide bonds. The molecule has 0 atom stereocenters. The number of nitrogens with zero attached hydrogens (tertiary/aromatic N) is 2. The third-order valence-electron chi connectivity index (χ3n) is 4.20. The second-order valence-corrected chi connectivity index (χ2v) is 6.02. The molecule has 0 fully saturated rings. The predicted molar refractivity (Wildman–Crippen MR) is 100 cm³/mol. The van der Waals surface area contributed by atoms with Crippen LogP contribution in [-0.2, 0) is 9.53 Å². The number of hydrogen-bond donors (Lipinski definition) is 2. The van der Waals surface area contributed by atoms with Crippen molar-refractivity contribution >= 4 is 23.6 Å². The van der Waals surface area contributed by atoms with E-state index in [9.17, 15) is 9.90 Å². The van der Waals surface area contributed by atoms with Crippen LogP contribution in [0.3, 0.4) is 0 Å². The SMILES string of the molecule is CC1=NCN(c2ccc(-c3ccccc3/C=C3\OC(=O)C=C3O)cc2)N1. The molecule has 2 aromatic carbocycles. The van der Waals surface area contributed by atoms with E-state index in [2.05, 4.69) is 10.4 Å². The Morgan fingerprint density at radius 3 is 2.62 bits per heavy atom. The summed E-state index contributed by atoms with van der Waals surface area (Å²) in [6.07, 6.45) is 2.73. The van der Waals surface area contributed by atoms with Crippen molar-refractivity contribution in [3.8, 4) is 11.1 Å². The molecule has 6 heteroatoms. The molecule has 4 rings (SSSR count). The number of aliphatic imine (C=N–C) groups is 1. The van der Waals surface area contributed by atoms with E-state index in [4.69, 9.17) is 4.74 Å². The Balaban J connectivity index is 1.64. The van der Waals surface area contributed by atoms with Crippen LogP contribution in [-0.4, -0.2) is 23.6 Å². The Morgan fingerprint density at radius 2 is 1.96 bits per heavy atom.